The van der Waals surface area contributed by atoms with Gasteiger partial charge in [0.1, 0.15) is 11.5 Å². The maximum atomic E-state index is 12.3. The molecule has 0 radical (unpaired) electrons. The molecular formula is C18H18Br2N2O3S. The lowest BCUT2D eigenvalue weighted by molar-refractivity contribution is 0.0977. The fourth-order valence-electron chi connectivity index (χ4n) is 1.98. The van der Waals surface area contributed by atoms with Gasteiger partial charge in [0.2, 0.25) is 0 Å². The van der Waals surface area contributed by atoms with Crippen molar-refractivity contribution >= 4 is 60.8 Å². The van der Waals surface area contributed by atoms with Crippen molar-refractivity contribution in [1.29, 1.82) is 0 Å². The van der Waals surface area contributed by atoms with Gasteiger partial charge in [0.15, 0.2) is 5.11 Å². The summed E-state index contributed by atoms with van der Waals surface area (Å²) >= 11 is 11.7. The van der Waals surface area contributed by atoms with E-state index in [1.165, 1.54) is 0 Å². The lowest BCUT2D eigenvalue weighted by Gasteiger charge is -2.13. The van der Waals surface area contributed by atoms with Gasteiger partial charge in [0, 0.05) is 11.3 Å². The fraction of sp³-hybridized carbons (Fsp3) is 0.222. The Balaban J connectivity index is 1.97. The van der Waals surface area contributed by atoms with Gasteiger partial charge in [-0.1, -0.05) is 6.92 Å². The lowest BCUT2D eigenvalue weighted by Crippen LogP contribution is -2.34. The Morgan fingerprint density at radius 3 is 2.35 bits per heavy atom. The van der Waals surface area contributed by atoms with E-state index in [1.54, 1.807) is 36.4 Å². The fourth-order valence-corrected chi connectivity index (χ4v) is 3.37. The second-order valence-corrected chi connectivity index (χ2v) is 7.67. The molecule has 0 unspecified atom stereocenters. The van der Waals surface area contributed by atoms with Gasteiger partial charge in [-0.2, -0.15) is 0 Å². The molecule has 0 saturated carbocycles. The van der Waals surface area contributed by atoms with E-state index in [9.17, 15) is 9.90 Å². The molecule has 0 aliphatic carbocycles. The number of benzene rings is 2. The molecule has 138 valence electrons. The molecule has 0 heterocycles. The molecule has 26 heavy (non-hydrogen) atoms. The third kappa shape index (κ3) is 5.69. The van der Waals surface area contributed by atoms with E-state index in [4.69, 9.17) is 17.0 Å². The van der Waals surface area contributed by atoms with E-state index in [1.807, 2.05) is 13.8 Å². The predicted molar refractivity (Wildman–Crippen MR) is 114 cm³/mol. The van der Waals surface area contributed by atoms with Gasteiger partial charge in [0.25, 0.3) is 5.91 Å². The Labute approximate surface area is 174 Å². The summed E-state index contributed by atoms with van der Waals surface area (Å²) in [5.41, 5.74) is 1.09. The molecule has 1 atom stereocenters. The minimum absolute atomic E-state index is 0.0882. The summed E-state index contributed by atoms with van der Waals surface area (Å²) in [4.78, 5) is 12.3. The first kappa shape index (κ1) is 20.7. The molecule has 5 nitrogen and oxygen atoms in total. The van der Waals surface area contributed by atoms with Crippen LogP contribution >= 0.6 is 44.1 Å². The van der Waals surface area contributed by atoms with E-state index < -0.39 is 0 Å². The highest BCUT2D eigenvalue weighted by Gasteiger charge is 2.11. The average Bonchev–Trinajstić information content (AvgIpc) is 2.59. The van der Waals surface area contributed by atoms with Gasteiger partial charge in [-0.15, -0.1) is 0 Å². The minimum atomic E-state index is -0.325. The first-order chi connectivity index (χ1) is 12.3. The van der Waals surface area contributed by atoms with Crippen LogP contribution < -0.4 is 15.4 Å². The summed E-state index contributed by atoms with van der Waals surface area (Å²) in [6, 6.07) is 10.2. The molecular weight excluding hydrogens is 484 g/mol. The molecule has 0 aliphatic rings. The first-order valence-corrected chi connectivity index (χ1v) is 9.86. The van der Waals surface area contributed by atoms with Crippen LogP contribution in [-0.2, 0) is 0 Å². The number of carbonyl (C=O) groups excluding carboxylic acids is 1. The molecule has 0 fully saturated rings. The number of carbonyl (C=O) groups is 1. The van der Waals surface area contributed by atoms with Crippen LogP contribution in [0.2, 0.25) is 0 Å². The number of hydrogen-bond donors (Lipinski definition) is 3. The zero-order valence-electron chi connectivity index (χ0n) is 14.2. The van der Waals surface area contributed by atoms with Crippen LogP contribution in [0.1, 0.15) is 30.6 Å². The predicted octanol–water partition coefficient (Wildman–Crippen LogP) is 5.22. The van der Waals surface area contributed by atoms with Crippen molar-refractivity contribution in [3.63, 3.8) is 0 Å². The van der Waals surface area contributed by atoms with Crippen LogP contribution in [0, 0.1) is 0 Å². The largest absolute Gasteiger partial charge is 0.506 e. The van der Waals surface area contributed by atoms with Crippen molar-refractivity contribution in [2.75, 3.05) is 5.32 Å². The van der Waals surface area contributed by atoms with Gasteiger partial charge in [-0.3, -0.25) is 10.1 Å². The third-order valence-electron chi connectivity index (χ3n) is 3.53. The van der Waals surface area contributed by atoms with Gasteiger partial charge < -0.3 is 15.2 Å². The highest BCUT2D eigenvalue weighted by atomic mass is 79.9. The van der Waals surface area contributed by atoms with E-state index in [2.05, 4.69) is 42.5 Å². The van der Waals surface area contributed by atoms with Gasteiger partial charge in [-0.05, 0) is 93.8 Å². The Morgan fingerprint density at radius 1 is 1.23 bits per heavy atom. The number of hydrogen-bond acceptors (Lipinski definition) is 4. The molecule has 3 N–H and O–H groups in total. The maximum absolute atomic E-state index is 12.3. The molecule has 0 aliphatic heterocycles. The molecule has 1 amide bonds. The Hall–Kier alpha value is -1.64. The molecule has 8 heteroatoms. The van der Waals surface area contributed by atoms with Gasteiger partial charge >= 0.3 is 0 Å². The number of amides is 1. The molecule has 0 saturated heterocycles. The highest BCUT2D eigenvalue weighted by molar-refractivity contribution is 9.11. The number of thiocarbonyl (C=S) groups is 1. The SMILES string of the molecule is CC[C@@H](C)Oc1ccc(C(=O)NC(=S)Nc2cc(Br)c(O)c(Br)c2)cc1. The highest BCUT2D eigenvalue weighted by Crippen LogP contribution is 2.35. The van der Waals surface area contributed by atoms with Crippen molar-refractivity contribution in [1.82, 2.24) is 5.32 Å². The van der Waals surface area contributed by atoms with Crippen LogP contribution in [0.15, 0.2) is 45.3 Å². The average molecular weight is 502 g/mol. The number of phenolic OH excluding ortho intramolecular Hbond substituents is 1. The monoisotopic (exact) mass is 500 g/mol. The molecule has 0 bridgehead atoms. The van der Waals surface area contributed by atoms with E-state index in [-0.39, 0.29) is 22.9 Å². The normalized spacial score (nSPS) is 11.5. The third-order valence-corrected chi connectivity index (χ3v) is 4.94. The van der Waals surface area contributed by atoms with Crippen LogP contribution in [0.25, 0.3) is 0 Å². The molecule has 0 aromatic heterocycles. The van der Waals surface area contributed by atoms with Crippen molar-refractivity contribution < 1.29 is 14.6 Å². The lowest BCUT2D eigenvalue weighted by atomic mass is 10.2. The van der Waals surface area contributed by atoms with Crippen LogP contribution in [0.4, 0.5) is 5.69 Å². The van der Waals surface area contributed by atoms with Gasteiger partial charge in [0.05, 0.1) is 15.0 Å². The Kier molecular flexibility index (Phi) is 7.43. The Bertz CT molecular complexity index is 790. The minimum Gasteiger partial charge on any atom is -0.506 e. The molecule has 0 spiro atoms. The summed E-state index contributed by atoms with van der Waals surface area (Å²) in [6.07, 6.45) is 1.03. The van der Waals surface area contributed by atoms with Crippen LogP contribution in [0.5, 0.6) is 11.5 Å². The number of nitrogens with one attached hydrogen (secondary N) is 2. The summed E-state index contributed by atoms with van der Waals surface area (Å²) in [7, 11) is 0. The van der Waals surface area contributed by atoms with Gasteiger partial charge in [-0.25, -0.2) is 0 Å². The number of aromatic hydroxyl groups is 1. The summed E-state index contributed by atoms with van der Waals surface area (Å²) < 4.78 is 6.69. The molecule has 2 rings (SSSR count). The summed E-state index contributed by atoms with van der Waals surface area (Å²) in [5, 5.41) is 15.4. The number of anilines is 1. The second-order valence-electron chi connectivity index (χ2n) is 5.56. The maximum Gasteiger partial charge on any atom is 0.257 e. The smallest absolute Gasteiger partial charge is 0.257 e. The zero-order chi connectivity index (χ0) is 19.3. The standard InChI is InChI=1S/C18H18Br2N2O3S/c1-3-10(2)25-13-6-4-11(5-7-13)17(24)22-18(26)21-12-8-14(19)16(23)15(20)9-12/h4-10,23H,3H2,1-2H3,(H2,21,22,24,26)/t10-/m1/s1. The zero-order valence-corrected chi connectivity index (χ0v) is 18.2. The van der Waals surface area contributed by atoms with Crippen molar-refractivity contribution in [2.24, 2.45) is 0 Å². The quantitative estimate of drug-likeness (QED) is 0.387. The van der Waals surface area contributed by atoms with E-state index >= 15 is 0 Å². The second kappa shape index (κ2) is 9.34. The number of ether oxygens (including phenoxy) is 1. The first-order valence-electron chi connectivity index (χ1n) is 7.87. The number of rotatable bonds is 5. The number of halogens is 2. The van der Waals surface area contributed by atoms with Crippen molar-refractivity contribution in [3.05, 3.63) is 50.9 Å². The Morgan fingerprint density at radius 2 is 1.81 bits per heavy atom. The van der Waals surface area contributed by atoms with Crippen molar-refractivity contribution in [2.45, 2.75) is 26.4 Å². The molecule has 2 aromatic carbocycles. The number of phenols is 1. The van der Waals surface area contributed by atoms with Crippen LogP contribution in [-0.4, -0.2) is 22.2 Å². The molecule has 2 aromatic rings. The van der Waals surface area contributed by atoms with E-state index in [0.717, 1.165) is 12.2 Å². The topological polar surface area (TPSA) is 70.6 Å². The van der Waals surface area contributed by atoms with Crippen LogP contribution in [0.3, 0.4) is 0 Å². The van der Waals surface area contributed by atoms with Crippen molar-refractivity contribution in [3.8, 4) is 11.5 Å². The van der Waals surface area contributed by atoms with E-state index in [0.29, 0.717) is 20.2 Å². The summed E-state index contributed by atoms with van der Waals surface area (Å²) in [6.45, 7) is 4.04. The summed E-state index contributed by atoms with van der Waals surface area (Å²) in [5.74, 6) is 0.482.